The van der Waals surface area contributed by atoms with Crippen LogP contribution >= 0.6 is 0 Å². The first-order chi connectivity index (χ1) is 9.26. The van der Waals surface area contributed by atoms with E-state index in [1.165, 1.54) is 12.8 Å². The molecule has 1 aliphatic heterocycles. The summed E-state index contributed by atoms with van der Waals surface area (Å²) >= 11 is 0. The van der Waals surface area contributed by atoms with E-state index in [1.807, 2.05) is 25.1 Å². The Bertz CT molecular complexity index is 423. The van der Waals surface area contributed by atoms with Crippen molar-refractivity contribution in [1.82, 2.24) is 0 Å². The largest absolute Gasteiger partial charge is 0.370 e. The van der Waals surface area contributed by atoms with Gasteiger partial charge in [0.25, 0.3) is 0 Å². The molecule has 3 N–H and O–H groups in total. The molecule has 1 aromatic carbocycles. The number of nitrogens with one attached hydrogen (secondary N) is 1. The van der Waals surface area contributed by atoms with Crippen LogP contribution in [0.15, 0.2) is 24.3 Å². The van der Waals surface area contributed by atoms with Gasteiger partial charge in [-0.2, -0.15) is 0 Å². The molecule has 0 saturated carbocycles. The standard InChI is InChI=1S/C15H23N3O/c1-2-12(11-16)15(19)17-13-7-3-4-8-14(13)18-9-5-6-10-18/h3-4,7-8,12H,2,5-6,9-11,16H2,1H3,(H,17,19). The summed E-state index contributed by atoms with van der Waals surface area (Å²) in [5.41, 5.74) is 7.66. The van der Waals surface area contributed by atoms with Crippen LogP contribution in [0.25, 0.3) is 0 Å². The lowest BCUT2D eigenvalue weighted by Crippen LogP contribution is -2.29. The first-order valence-electron chi connectivity index (χ1n) is 7.11. The molecule has 4 heteroatoms. The number of rotatable bonds is 5. The molecule has 0 aromatic heterocycles. The van der Waals surface area contributed by atoms with Gasteiger partial charge in [-0.05, 0) is 31.4 Å². The third kappa shape index (κ3) is 3.26. The van der Waals surface area contributed by atoms with Gasteiger partial charge in [0.1, 0.15) is 0 Å². The number of hydrogen-bond acceptors (Lipinski definition) is 3. The summed E-state index contributed by atoms with van der Waals surface area (Å²) in [5.74, 6) is -0.0803. The zero-order valence-electron chi connectivity index (χ0n) is 11.6. The number of carbonyl (C=O) groups is 1. The molecular formula is C15H23N3O. The summed E-state index contributed by atoms with van der Waals surface area (Å²) in [6.07, 6.45) is 3.22. The first-order valence-corrected chi connectivity index (χ1v) is 7.11. The van der Waals surface area contributed by atoms with Gasteiger partial charge in [-0.15, -0.1) is 0 Å². The van der Waals surface area contributed by atoms with Gasteiger partial charge < -0.3 is 16.0 Å². The molecule has 2 rings (SSSR count). The van der Waals surface area contributed by atoms with E-state index in [0.29, 0.717) is 6.54 Å². The highest BCUT2D eigenvalue weighted by atomic mass is 16.1. The van der Waals surface area contributed by atoms with Crippen LogP contribution in [0.2, 0.25) is 0 Å². The van der Waals surface area contributed by atoms with Gasteiger partial charge in [-0.3, -0.25) is 4.79 Å². The Morgan fingerprint density at radius 2 is 2.05 bits per heavy atom. The van der Waals surface area contributed by atoms with Gasteiger partial charge in [-0.25, -0.2) is 0 Å². The monoisotopic (exact) mass is 261 g/mol. The van der Waals surface area contributed by atoms with Crippen molar-refractivity contribution in [1.29, 1.82) is 0 Å². The number of nitrogens with zero attached hydrogens (tertiary/aromatic N) is 1. The maximum absolute atomic E-state index is 12.1. The van der Waals surface area contributed by atoms with E-state index in [0.717, 1.165) is 30.9 Å². The lowest BCUT2D eigenvalue weighted by molar-refractivity contribution is -0.119. The SMILES string of the molecule is CCC(CN)C(=O)Nc1ccccc1N1CCCC1. The molecule has 1 amide bonds. The van der Waals surface area contributed by atoms with Crippen molar-refractivity contribution in [3.05, 3.63) is 24.3 Å². The summed E-state index contributed by atoms with van der Waals surface area (Å²) in [4.78, 5) is 14.5. The molecule has 19 heavy (non-hydrogen) atoms. The zero-order chi connectivity index (χ0) is 13.7. The van der Waals surface area contributed by atoms with Gasteiger partial charge in [0, 0.05) is 19.6 Å². The molecule has 1 aliphatic rings. The van der Waals surface area contributed by atoms with E-state index in [-0.39, 0.29) is 11.8 Å². The molecule has 0 aliphatic carbocycles. The van der Waals surface area contributed by atoms with Crippen LogP contribution in [0.4, 0.5) is 11.4 Å². The summed E-state index contributed by atoms with van der Waals surface area (Å²) in [5, 5.41) is 3.03. The minimum atomic E-state index is -0.105. The number of para-hydroxylation sites is 2. The van der Waals surface area contributed by atoms with E-state index in [1.54, 1.807) is 0 Å². The summed E-state index contributed by atoms with van der Waals surface area (Å²) < 4.78 is 0. The lowest BCUT2D eigenvalue weighted by Gasteiger charge is -2.22. The fraction of sp³-hybridized carbons (Fsp3) is 0.533. The van der Waals surface area contributed by atoms with Crippen molar-refractivity contribution >= 4 is 17.3 Å². The fourth-order valence-corrected chi connectivity index (χ4v) is 2.51. The second kappa shape index (κ2) is 6.57. The van der Waals surface area contributed by atoms with Crippen LogP contribution in [-0.4, -0.2) is 25.5 Å². The molecule has 1 fully saturated rings. The quantitative estimate of drug-likeness (QED) is 0.854. The number of hydrogen-bond donors (Lipinski definition) is 2. The maximum Gasteiger partial charge on any atom is 0.228 e. The average molecular weight is 261 g/mol. The number of carbonyl (C=O) groups excluding carboxylic acids is 1. The van der Waals surface area contributed by atoms with E-state index in [9.17, 15) is 4.79 Å². The van der Waals surface area contributed by atoms with Gasteiger partial charge in [-0.1, -0.05) is 19.1 Å². The van der Waals surface area contributed by atoms with Crippen molar-refractivity contribution < 1.29 is 4.79 Å². The molecule has 1 aromatic rings. The fourth-order valence-electron chi connectivity index (χ4n) is 2.51. The highest BCUT2D eigenvalue weighted by molar-refractivity contribution is 5.96. The van der Waals surface area contributed by atoms with Crippen LogP contribution in [0.5, 0.6) is 0 Å². The van der Waals surface area contributed by atoms with Crippen LogP contribution in [-0.2, 0) is 4.79 Å². The minimum absolute atomic E-state index is 0.0247. The van der Waals surface area contributed by atoms with Crippen molar-refractivity contribution in [2.75, 3.05) is 29.9 Å². The molecule has 1 atom stereocenters. The normalized spacial score (nSPS) is 16.4. The van der Waals surface area contributed by atoms with Crippen molar-refractivity contribution in [2.24, 2.45) is 11.7 Å². The summed E-state index contributed by atoms with van der Waals surface area (Å²) in [7, 11) is 0. The Balaban J connectivity index is 2.13. The minimum Gasteiger partial charge on any atom is -0.370 e. The molecule has 1 unspecified atom stereocenters. The van der Waals surface area contributed by atoms with Gasteiger partial charge >= 0.3 is 0 Å². The Morgan fingerprint density at radius 3 is 2.68 bits per heavy atom. The molecule has 4 nitrogen and oxygen atoms in total. The molecule has 0 spiro atoms. The van der Waals surface area contributed by atoms with Gasteiger partial charge in [0.15, 0.2) is 0 Å². The van der Waals surface area contributed by atoms with Crippen molar-refractivity contribution in [3.63, 3.8) is 0 Å². The second-order valence-electron chi connectivity index (χ2n) is 5.04. The lowest BCUT2D eigenvalue weighted by atomic mass is 10.1. The number of nitrogens with two attached hydrogens (primary N) is 1. The van der Waals surface area contributed by atoms with E-state index < -0.39 is 0 Å². The molecule has 1 saturated heterocycles. The Hall–Kier alpha value is -1.55. The van der Waals surface area contributed by atoms with Crippen LogP contribution < -0.4 is 16.0 Å². The first kappa shape index (κ1) is 13.9. The Morgan fingerprint density at radius 1 is 1.37 bits per heavy atom. The predicted molar refractivity (Wildman–Crippen MR) is 79.4 cm³/mol. The highest BCUT2D eigenvalue weighted by Crippen LogP contribution is 2.28. The van der Waals surface area contributed by atoms with E-state index >= 15 is 0 Å². The van der Waals surface area contributed by atoms with Crippen molar-refractivity contribution in [3.8, 4) is 0 Å². The third-order valence-corrected chi connectivity index (χ3v) is 3.76. The highest BCUT2D eigenvalue weighted by Gasteiger charge is 2.19. The van der Waals surface area contributed by atoms with Crippen LogP contribution in [0.3, 0.4) is 0 Å². The van der Waals surface area contributed by atoms with E-state index in [2.05, 4.69) is 16.3 Å². The zero-order valence-corrected chi connectivity index (χ0v) is 11.6. The van der Waals surface area contributed by atoms with Gasteiger partial charge in [0.2, 0.25) is 5.91 Å². The smallest absolute Gasteiger partial charge is 0.228 e. The second-order valence-corrected chi connectivity index (χ2v) is 5.04. The summed E-state index contributed by atoms with van der Waals surface area (Å²) in [6, 6.07) is 8.02. The number of benzene rings is 1. The van der Waals surface area contributed by atoms with Crippen LogP contribution in [0, 0.1) is 5.92 Å². The topological polar surface area (TPSA) is 58.4 Å². The Labute approximate surface area is 115 Å². The molecule has 104 valence electrons. The maximum atomic E-state index is 12.1. The number of anilines is 2. The van der Waals surface area contributed by atoms with E-state index in [4.69, 9.17) is 5.73 Å². The summed E-state index contributed by atoms with van der Waals surface area (Å²) in [6.45, 7) is 4.53. The molecular weight excluding hydrogens is 238 g/mol. The van der Waals surface area contributed by atoms with Gasteiger partial charge in [0.05, 0.1) is 17.3 Å². The molecule has 1 heterocycles. The van der Waals surface area contributed by atoms with Crippen LogP contribution in [0.1, 0.15) is 26.2 Å². The Kier molecular flexibility index (Phi) is 4.80. The number of amides is 1. The molecule has 0 radical (unpaired) electrons. The van der Waals surface area contributed by atoms with Crippen molar-refractivity contribution in [2.45, 2.75) is 26.2 Å². The third-order valence-electron chi connectivity index (χ3n) is 3.76. The predicted octanol–water partition coefficient (Wildman–Crippen LogP) is 2.21. The average Bonchev–Trinajstić information content (AvgIpc) is 2.94. The molecule has 0 bridgehead atoms.